The molecule has 1 N–H and O–H groups in total. The second kappa shape index (κ2) is 9.61. The summed E-state index contributed by atoms with van der Waals surface area (Å²) in [5, 5.41) is 3.59. The Kier molecular flexibility index (Phi) is 8.80. The summed E-state index contributed by atoms with van der Waals surface area (Å²) in [5.41, 5.74) is 0. The molecular formula is C14H30GaN. The maximum atomic E-state index is 3.59. The molecule has 1 aliphatic rings. The third-order valence-electron chi connectivity index (χ3n) is 4.09. The number of hydrogen-bond donors (Lipinski definition) is 1. The fourth-order valence-electron chi connectivity index (χ4n) is 3.24. The average molecular weight is 282 g/mol. The summed E-state index contributed by atoms with van der Waals surface area (Å²) in [6.45, 7) is 7.33. The molecule has 1 heterocycles. The third kappa shape index (κ3) is 5.79. The first-order chi connectivity index (χ1) is 7.88. The minimum atomic E-state index is -0.914. The summed E-state index contributed by atoms with van der Waals surface area (Å²) in [4.78, 5) is 3.33. The van der Waals surface area contributed by atoms with Crippen LogP contribution in [-0.2, 0) is 0 Å². The molecule has 0 saturated carbocycles. The van der Waals surface area contributed by atoms with Gasteiger partial charge in [0.05, 0.1) is 0 Å². The van der Waals surface area contributed by atoms with Gasteiger partial charge in [0.2, 0.25) is 0 Å². The Hall–Kier alpha value is 0.596. The van der Waals surface area contributed by atoms with Crippen molar-refractivity contribution in [3.05, 3.63) is 0 Å². The van der Waals surface area contributed by atoms with Gasteiger partial charge in [-0.2, -0.15) is 0 Å². The van der Waals surface area contributed by atoms with Gasteiger partial charge in [0.25, 0.3) is 0 Å². The van der Waals surface area contributed by atoms with Crippen LogP contribution in [0.5, 0.6) is 0 Å². The molecule has 0 spiro atoms. The van der Waals surface area contributed by atoms with Gasteiger partial charge < -0.3 is 0 Å². The zero-order valence-electron chi connectivity index (χ0n) is 11.4. The van der Waals surface area contributed by atoms with Gasteiger partial charge in [-0.3, -0.25) is 0 Å². The van der Waals surface area contributed by atoms with Crippen LogP contribution in [0.4, 0.5) is 0 Å². The van der Waals surface area contributed by atoms with Crippen molar-refractivity contribution in [2.75, 3.05) is 13.1 Å². The Labute approximate surface area is 108 Å². The zero-order chi connectivity index (χ0) is 11.6. The van der Waals surface area contributed by atoms with Crippen molar-refractivity contribution in [1.29, 1.82) is 0 Å². The van der Waals surface area contributed by atoms with E-state index in [4.69, 9.17) is 0 Å². The van der Waals surface area contributed by atoms with Crippen LogP contribution in [0.25, 0.3) is 0 Å². The van der Waals surface area contributed by atoms with Crippen LogP contribution in [0.3, 0.4) is 0 Å². The molecule has 1 nitrogen and oxygen atoms in total. The molecule has 0 aromatic carbocycles. The molecule has 1 atom stereocenters. The Balaban J connectivity index is 2.46. The predicted molar refractivity (Wildman–Crippen MR) is 75.7 cm³/mol. The van der Waals surface area contributed by atoms with E-state index < -0.39 is 16.2 Å². The fraction of sp³-hybridized carbons (Fsp3) is 1.00. The molecule has 0 aromatic heterocycles. The van der Waals surface area contributed by atoms with E-state index in [0.717, 1.165) is 0 Å². The van der Waals surface area contributed by atoms with E-state index in [1.165, 1.54) is 49.7 Å². The molecular weight excluding hydrogens is 252 g/mol. The zero-order valence-corrected chi connectivity index (χ0v) is 13.9. The second-order valence-electron chi connectivity index (χ2n) is 5.49. The second-order valence-corrected chi connectivity index (χ2v) is 13.1. The van der Waals surface area contributed by atoms with Crippen LogP contribution in [-0.4, -0.2) is 29.3 Å². The van der Waals surface area contributed by atoms with Crippen LogP contribution in [0.2, 0.25) is 14.4 Å². The van der Waals surface area contributed by atoms with Crippen LogP contribution in [0.15, 0.2) is 0 Å². The molecule has 2 heteroatoms. The molecule has 0 radical (unpaired) electrons. The third-order valence-corrected chi connectivity index (χ3v) is 13.5. The van der Waals surface area contributed by atoms with Crippen molar-refractivity contribution in [1.82, 2.24) is 5.32 Å². The van der Waals surface area contributed by atoms with E-state index in [9.17, 15) is 0 Å². The van der Waals surface area contributed by atoms with E-state index in [1.807, 2.05) is 0 Å². The van der Waals surface area contributed by atoms with E-state index in [1.54, 1.807) is 22.8 Å². The summed E-state index contributed by atoms with van der Waals surface area (Å²) in [6.07, 6.45) is 10.4. The van der Waals surface area contributed by atoms with Crippen molar-refractivity contribution >= 4 is 16.2 Å². The Morgan fingerprint density at radius 3 is 2.62 bits per heavy atom. The molecule has 0 aliphatic carbocycles. The van der Waals surface area contributed by atoms with E-state index in [-0.39, 0.29) is 0 Å². The van der Waals surface area contributed by atoms with Gasteiger partial charge >= 0.3 is 108 Å². The van der Waals surface area contributed by atoms with Gasteiger partial charge in [-0.15, -0.1) is 0 Å². The Bertz CT molecular complexity index is 143. The molecule has 0 aromatic rings. The Morgan fingerprint density at radius 2 is 1.88 bits per heavy atom. The molecule has 1 fully saturated rings. The van der Waals surface area contributed by atoms with Gasteiger partial charge in [0, 0.05) is 0 Å². The molecule has 1 aliphatic heterocycles. The van der Waals surface area contributed by atoms with Crippen LogP contribution in [0, 0.1) is 0 Å². The fourth-order valence-corrected chi connectivity index (χ4v) is 12.3. The standard InChI is InChI=1S/C11H23N.C3H7.Ga/c1-3-5-7-8-9-11-12-10-6-4-2;1-3-2;/h7,12H,2-6,8-11H2,1H3;1,3H2,2H3;. The SMILES string of the molecule is CCC[CH]1CCCNCCC[CH2][Ga]1[CH2]CC. The van der Waals surface area contributed by atoms with Gasteiger partial charge in [-0.1, -0.05) is 0 Å². The number of hydrogen-bond acceptors (Lipinski definition) is 1. The quantitative estimate of drug-likeness (QED) is 0.761. The van der Waals surface area contributed by atoms with Crippen LogP contribution in [0.1, 0.15) is 58.8 Å². The van der Waals surface area contributed by atoms with Crippen molar-refractivity contribution in [3.63, 3.8) is 0 Å². The van der Waals surface area contributed by atoms with Crippen LogP contribution < -0.4 is 5.32 Å². The van der Waals surface area contributed by atoms with Crippen molar-refractivity contribution in [3.8, 4) is 0 Å². The van der Waals surface area contributed by atoms with Gasteiger partial charge in [0.15, 0.2) is 0 Å². The first-order valence-corrected chi connectivity index (χ1v) is 12.4. The molecule has 94 valence electrons. The summed E-state index contributed by atoms with van der Waals surface area (Å²) < 4.78 is 1.21. The summed E-state index contributed by atoms with van der Waals surface area (Å²) in [7, 11) is 0. The van der Waals surface area contributed by atoms with Gasteiger partial charge in [-0.05, 0) is 0 Å². The first-order valence-electron chi connectivity index (χ1n) is 7.59. The van der Waals surface area contributed by atoms with Gasteiger partial charge in [0.1, 0.15) is 0 Å². The van der Waals surface area contributed by atoms with Crippen molar-refractivity contribution < 1.29 is 0 Å². The minimum absolute atomic E-state index is 0.914. The topological polar surface area (TPSA) is 12.0 Å². The molecule has 0 amide bonds. The monoisotopic (exact) mass is 281 g/mol. The predicted octanol–water partition coefficient (Wildman–Crippen LogP) is 4.23. The summed E-state index contributed by atoms with van der Waals surface area (Å²) in [5.74, 6) is 0. The maximum absolute atomic E-state index is 3.59. The Morgan fingerprint density at radius 1 is 1.06 bits per heavy atom. The van der Waals surface area contributed by atoms with E-state index in [2.05, 4.69) is 19.2 Å². The average Bonchev–Trinajstić information content (AvgIpc) is 2.30. The molecule has 1 unspecified atom stereocenters. The normalized spacial score (nSPS) is 24.4. The van der Waals surface area contributed by atoms with Crippen molar-refractivity contribution in [2.24, 2.45) is 0 Å². The summed E-state index contributed by atoms with van der Waals surface area (Å²) in [6, 6.07) is 0. The molecule has 0 bridgehead atoms. The van der Waals surface area contributed by atoms with Crippen molar-refractivity contribution in [2.45, 2.75) is 73.2 Å². The van der Waals surface area contributed by atoms with Gasteiger partial charge in [-0.25, -0.2) is 0 Å². The summed E-state index contributed by atoms with van der Waals surface area (Å²) >= 11 is -0.914. The van der Waals surface area contributed by atoms with E-state index in [0.29, 0.717) is 0 Å². The van der Waals surface area contributed by atoms with Crippen LogP contribution >= 0.6 is 0 Å². The molecule has 16 heavy (non-hydrogen) atoms. The number of rotatable bonds is 4. The first kappa shape index (κ1) is 14.7. The number of nitrogens with one attached hydrogen (secondary N) is 1. The molecule has 1 saturated heterocycles. The molecule has 1 rings (SSSR count). The van der Waals surface area contributed by atoms with E-state index >= 15 is 0 Å².